The van der Waals surface area contributed by atoms with Crippen molar-refractivity contribution in [3.63, 3.8) is 0 Å². The zero-order chi connectivity index (χ0) is 11.4. The number of nitrogens with zero attached hydrogens (tertiary/aromatic N) is 1. The molecule has 1 fully saturated rings. The SMILES string of the molecule is Cc1ncsc1CCNC1CCC(C)CC1. The molecule has 1 saturated carbocycles. The Morgan fingerprint density at radius 3 is 2.75 bits per heavy atom. The van der Waals surface area contributed by atoms with E-state index in [1.165, 1.54) is 36.3 Å². The number of nitrogens with one attached hydrogen (secondary N) is 1. The van der Waals surface area contributed by atoms with Crippen LogP contribution in [0.3, 0.4) is 0 Å². The summed E-state index contributed by atoms with van der Waals surface area (Å²) >= 11 is 1.79. The van der Waals surface area contributed by atoms with Gasteiger partial charge in [-0.15, -0.1) is 11.3 Å². The molecular formula is C13H22N2S. The lowest BCUT2D eigenvalue weighted by molar-refractivity contribution is 0.309. The van der Waals surface area contributed by atoms with Crippen LogP contribution in [0.5, 0.6) is 0 Å². The summed E-state index contributed by atoms with van der Waals surface area (Å²) in [5.41, 5.74) is 3.16. The van der Waals surface area contributed by atoms with E-state index in [2.05, 4.69) is 24.1 Å². The topological polar surface area (TPSA) is 24.9 Å². The lowest BCUT2D eigenvalue weighted by Gasteiger charge is -2.26. The number of aromatic nitrogens is 1. The lowest BCUT2D eigenvalue weighted by atomic mass is 9.87. The summed E-state index contributed by atoms with van der Waals surface area (Å²) in [6.07, 6.45) is 6.67. The molecule has 0 radical (unpaired) electrons. The first-order chi connectivity index (χ1) is 7.75. The molecule has 0 saturated heterocycles. The second-order valence-corrected chi connectivity index (χ2v) is 5.96. The van der Waals surface area contributed by atoms with Crippen molar-refractivity contribution in [3.8, 4) is 0 Å². The van der Waals surface area contributed by atoms with Crippen molar-refractivity contribution >= 4 is 11.3 Å². The molecule has 0 unspecified atom stereocenters. The molecule has 0 bridgehead atoms. The minimum atomic E-state index is 0.768. The standard InChI is InChI=1S/C13H22N2S/c1-10-3-5-12(6-4-10)14-8-7-13-11(2)15-9-16-13/h9-10,12,14H,3-8H2,1-2H3. The molecule has 3 heteroatoms. The maximum atomic E-state index is 4.28. The Hall–Kier alpha value is -0.410. The van der Waals surface area contributed by atoms with Gasteiger partial charge in [0.15, 0.2) is 0 Å². The average Bonchev–Trinajstić information content (AvgIpc) is 2.68. The van der Waals surface area contributed by atoms with Gasteiger partial charge in [0.2, 0.25) is 0 Å². The summed E-state index contributed by atoms with van der Waals surface area (Å²) in [5.74, 6) is 0.946. The van der Waals surface area contributed by atoms with Gasteiger partial charge in [0.25, 0.3) is 0 Å². The fraction of sp³-hybridized carbons (Fsp3) is 0.769. The summed E-state index contributed by atoms with van der Waals surface area (Å²) in [5, 5.41) is 3.69. The molecule has 1 aromatic heterocycles. The molecular weight excluding hydrogens is 216 g/mol. The summed E-state index contributed by atoms with van der Waals surface area (Å²) in [4.78, 5) is 5.72. The van der Waals surface area contributed by atoms with Crippen LogP contribution in [-0.2, 0) is 6.42 Å². The van der Waals surface area contributed by atoms with Gasteiger partial charge in [-0.2, -0.15) is 0 Å². The largest absolute Gasteiger partial charge is 0.314 e. The van der Waals surface area contributed by atoms with Crippen molar-refractivity contribution in [2.75, 3.05) is 6.54 Å². The molecule has 1 aliphatic rings. The van der Waals surface area contributed by atoms with Crippen LogP contribution in [0.15, 0.2) is 5.51 Å². The quantitative estimate of drug-likeness (QED) is 0.871. The van der Waals surface area contributed by atoms with Crippen molar-refractivity contribution in [1.82, 2.24) is 10.3 Å². The number of hydrogen-bond acceptors (Lipinski definition) is 3. The molecule has 1 heterocycles. The predicted molar refractivity (Wildman–Crippen MR) is 70.0 cm³/mol. The van der Waals surface area contributed by atoms with Crippen LogP contribution < -0.4 is 5.32 Å². The molecule has 0 spiro atoms. The van der Waals surface area contributed by atoms with Crippen LogP contribution in [0, 0.1) is 12.8 Å². The summed E-state index contributed by atoms with van der Waals surface area (Å²) in [6, 6.07) is 0.768. The van der Waals surface area contributed by atoms with Gasteiger partial charge in [0.05, 0.1) is 11.2 Å². The highest BCUT2D eigenvalue weighted by Gasteiger charge is 2.17. The van der Waals surface area contributed by atoms with Crippen molar-refractivity contribution in [2.45, 2.75) is 52.0 Å². The Morgan fingerprint density at radius 1 is 1.38 bits per heavy atom. The maximum Gasteiger partial charge on any atom is 0.0797 e. The normalized spacial score (nSPS) is 25.9. The van der Waals surface area contributed by atoms with E-state index in [-0.39, 0.29) is 0 Å². The molecule has 1 aromatic rings. The van der Waals surface area contributed by atoms with Crippen molar-refractivity contribution in [1.29, 1.82) is 0 Å². The highest BCUT2D eigenvalue weighted by Crippen LogP contribution is 2.23. The molecule has 90 valence electrons. The van der Waals surface area contributed by atoms with Crippen LogP contribution in [-0.4, -0.2) is 17.6 Å². The number of rotatable bonds is 4. The first-order valence-electron chi connectivity index (χ1n) is 6.38. The van der Waals surface area contributed by atoms with E-state index in [9.17, 15) is 0 Å². The van der Waals surface area contributed by atoms with Crippen LogP contribution in [0.1, 0.15) is 43.2 Å². The summed E-state index contributed by atoms with van der Waals surface area (Å²) < 4.78 is 0. The third-order valence-corrected chi connectivity index (χ3v) is 4.64. The first-order valence-corrected chi connectivity index (χ1v) is 7.26. The number of thiazole rings is 1. The smallest absolute Gasteiger partial charge is 0.0797 e. The van der Waals surface area contributed by atoms with E-state index in [0.29, 0.717) is 0 Å². The van der Waals surface area contributed by atoms with Crippen LogP contribution >= 0.6 is 11.3 Å². The Morgan fingerprint density at radius 2 is 2.12 bits per heavy atom. The van der Waals surface area contributed by atoms with E-state index < -0.39 is 0 Å². The van der Waals surface area contributed by atoms with Gasteiger partial charge in [0.1, 0.15) is 0 Å². The zero-order valence-corrected chi connectivity index (χ0v) is 11.1. The molecule has 0 aromatic carbocycles. The molecule has 16 heavy (non-hydrogen) atoms. The van der Waals surface area contributed by atoms with E-state index in [4.69, 9.17) is 0 Å². The minimum absolute atomic E-state index is 0.768. The Kier molecular flexibility index (Phi) is 4.36. The van der Waals surface area contributed by atoms with Crippen molar-refractivity contribution < 1.29 is 0 Å². The van der Waals surface area contributed by atoms with Gasteiger partial charge >= 0.3 is 0 Å². The predicted octanol–water partition coefficient (Wildman–Crippen LogP) is 3.16. The minimum Gasteiger partial charge on any atom is -0.314 e. The molecule has 1 N–H and O–H groups in total. The second-order valence-electron chi connectivity index (χ2n) is 5.02. The molecule has 0 aliphatic heterocycles. The van der Waals surface area contributed by atoms with Crippen LogP contribution in [0.4, 0.5) is 0 Å². The van der Waals surface area contributed by atoms with Gasteiger partial charge in [-0.25, -0.2) is 4.98 Å². The Balaban J connectivity index is 1.67. The fourth-order valence-electron chi connectivity index (χ4n) is 2.42. The monoisotopic (exact) mass is 238 g/mol. The third-order valence-electron chi connectivity index (χ3n) is 3.65. The average molecular weight is 238 g/mol. The van der Waals surface area contributed by atoms with Crippen molar-refractivity contribution in [2.24, 2.45) is 5.92 Å². The van der Waals surface area contributed by atoms with Crippen LogP contribution in [0.25, 0.3) is 0 Å². The lowest BCUT2D eigenvalue weighted by Crippen LogP contribution is -2.34. The van der Waals surface area contributed by atoms with Crippen LogP contribution in [0.2, 0.25) is 0 Å². The van der Waals surface area contributed by atoms with Gasteiger partial charge in [-0.05, 0) is 44.9 Å². The second kappa shape index (κ2) is 5.78. The van der Waals surface area contributed by atoms with E-state index >= 15 is 0 Å². The van der Waals surface area contributed by atoms with E-state index in [0.717, 1.165) is 24.9 Å². The highest BCUT2D eigenvalue weighted by molar-refractivity contribution is 7.09. The Labute approximate surface area is 102 Å². The van der Waals surface area contributed by atoms with Gasteiger partial charge in [-0.1, -0.05) is 6.92 Å². The molecule has 0 atom stereocenters. The molecule has 2 rings (SSSR count). The van der Waals surface area contributed by atoms with Gasteiger partial charge < -0.3 is 5.32 Å². The van der Waals surface area contributed by atoms with Gasteiger partial charge in [-0.3, -0.25) is 0 Å². The molecule has 1 aliphatic carbocycles. The Bertz CT molecular complexity index is 313. The molecule has 2 nitrogen and oxygen atoms in total. The number of aryl methyl sites for hydroxylation is 1. The summed E-state index contributed by atoms with van der Waals surface area (Å²) in [7, 11) is 0. The van der Waals surface area contributed by atoms with Crippen molar-refractivity contribution in [3.05, 3.63) is 16.1 Å². The highest BCUT2D eigenvalue weighted by atomic mass is 32.1. The van der Waals surface area contributed by atoms with E-state index in [1.54, 1.807) is 11.3 Å². The molecule has 0 amide bonds. The third kappa shape index (κ3) is 3.29. The summed E-state index contributed by atoms with van der Waals surface area (Å²) in [6.45, 7) is 5.59. The maximum absolute atomic E-state index is 4.28. The zero-order valence-electron chi connectivity index (χ0n) is 10.3. The number of hydrogen-bond donors (Lipinski definition) is 1. The first kappa shape index (κ1) is 12.1. The van der Waals surface area contributed by atoms with E-state index in [1.807, 2.05) is 5.51 Å². The fourth-order valence-corrected chi connectivity index (χ4v) is 3.20. The van der Waals surface area contributed by atoms with Gasteiger partial charge in [0, 0.05) is 17.5 Å².